The van der Waals surface area contributed by atoms with Gasteiger partial charge in [0.1, 0.15) is 30.3 Å². The van der Waals surface area contributed by atoms with Gasteiger partial charge in [-0.05, 0) is 30.3 Å². The Morgan fingerprint density at radius 2 is 1.90 bits per heavy atom. The van der Waals surface area contributed by atoms with Gasteiger partial charge >= 0.3 is 5.97 Å². The third-order valence-corrected chi connectivity index (χ3v) is 2.92. The summed E-state index contributed by atoms with van der Waals surface area (Å²) < 4.78 is 21.1. The van der Waals surface area contributed by atoms with Crippen LogP contribution in [0.25, 0.3) is 0 Å². The smallest absolute Gasteiger partial charge is 0.302 e. The molecule has 0 spiro atoms. The zero-order chi connectivity index (χ0) is 15.2. The molecule has 0 aliphatic carbocycles. The monoisotopic (exact) mass is 294 g/mol. The van der Waals surface area contributed by atoms with Crippen LogP contribution in [-0.2, 0) is 14.3 Å². The highest BCUT2D eigenvalue weighted by Crippen LogP contribution is 2.21. The van der Waals surface area contributed by atoms with E-state index in [1.165, 1.54) is 6.92 Å². The third-order valence-electron chi connectivity index (χ3n) is 2.92. The molecule has 0 amide bonds. The maximum Gasteiger partial charge on any atom is 0.302 e. The Labute approximate surface area is 122 Å². The first kappa shape index (κ1) is 15.3. The number of carbonyl (C=O) groups is 1. The summed E-state index contributed by atoms with van der Waals surface area (Å²) in [5.41, 5.74) is 0. The van der Waals surface area contributed by atoms with Crippen molar-refractivity contribution in [3.8, 4) is 11.5 Å². The molecule has 1 aliphatic rings. The number of carbonyl (C=O) groups excluding carboxylic acids is 1. The molecule has 1 aromatic carbocycles. The van der Waals surface area contributed by atoms with Gasteiger partial charge < -0.3 is 24.1 Å². The molecule has 1 aromatic rings. The Morgan fingerprint density at radius 1 is 1.24 bits per heavy atom. The normalized spacial score (nSPS) is 24.4. The number of esters is 1. The van der Waals surface area contributed by atoms with E-state index in [4.69, 9.17) is 18.9 Å². The predicted molar refractivity (Wildman–Crippen MR) is 74.1 cm³/mol. The average molecular weight is 294 g/mol. The first-order valence-corrected chi connectivity index (χ1v) is 6.54. The fourth-order valence-electron chi connectivity index (χ4n) is 1.82. The van der Waals surface area contributed by atoms with Gasteiger partial charge in [0.15, 0.2) is 0 Å². The summed E-state index contributed by atoms with van der Waals surface area (Å²) in [7, 11) is 1.59. The van der Waals surface area contributed by atoms with Crippen molar-refractivity contribution in [3.05, 3.63) is 36.4 Å². The van der Waals surface area contributed by atoms with Gasteiger partial charge in [-0.15, -0.1) is 0 Å². The molecule has 0 radical (unpaired) electrons. The highest BCUT2D eigenvalue weighted by molar-refractivity contribution is 5.65. The average Bonchev–Trinajstić information content (AvgIpc) is 2.48. The number of hydrogen-bond acceptors (Lipinski definition) is 6. The van der Waals surface area contributed by atoms with E-state index in [-0.39, 0.29) is 6.61 Å². The van der Waals surface area contributed by atoms with Gasteiger partial charge in [-0.3, -0.25) is 4.79 Å². The highest BCUT2D eigenvalue weighted by atomic mass is 16.7. The van der Waals surface area contributed by atoms with Crippen molar-refractivity contribution in [1.82, 2.24) is 0 Å². The van der Waals surface area contributed by atoms with Crippen LogP contribution in [0.3, 0.4) is 0 Å². The number of rotatable bonds is 5. The second-order valence-corrected chi connectivity index (χ2v) is 4.51. The van der Waals surface area contributed by atoms with E-state index in [1.807, 2.05) is 0 Å². The minimum Gasteiger partial charge on any atom is -0.497 e. The van der Waals surface area contributed by atoms with Crippen molar-refractivity contribution in [2.45, 2.75) is 25.4 Å². The van der Waals surface area contributed by atoms with E-state index in [2.05, 4.69) is 0 Å². The first-order chi connectivity index (χ1) is 10.1. The Hall–Kier alpha value is -2.05. The molecule has 2 rings (SSSR count). The molecule has 0 bridgehead atoms. The number of aliphatic hydroxyl groups excluding tert-OH is 1. The first-order valence-electron chi connectivity index (χ1n) is 6.54. The molecule has 1 N–H and O–H groups in total. The van der Waals surface area contributed by atoms with Crippen LogP contribution in [0.15, 0.2) is 36.4 Å². The molecule has 0 saturated carbocycles. The molecular formula is C15H18O6. The lowest BCUT2D eigenvalue weighted by Crippen LogP contribution is -2.40. The van der Waals surface area contributed by atoms with E-state index < -0.39 is 24.5 Å². The Morgan fingerprint density at radius 3 is 2.52 bits per heavy atom. The molecule has 6 nitrogen and oxygen atoms in total. The molecule has 3 atom stereocenters. The summed E-state index contributed by atoms with van der Waals surface area (Å²) >= 11 is 0. The van der Waals surface area contributed by atoms with E-state index >= 15 is 0 Å². The van der Waals surface area contributed by atoms with Crippen molar-refractivity contribution in [2.75, 3.05) is 13.7 Å². The molecule has 21 heavy (non-hydrogen) atoms. The standard InChI is InChI=1S/C15H18O6/c1-10(16)19-9-14-13(17)7-8-15(21-14)20-12-5-3-11(18-2)4-6-12/h3-8,13-15,17H,9H2,1-2H3/t13-,14+,15-/m0/s1. The number of methoxy groups -OCH3 is 1. The van der Waals surface area contributed by atoms with Crippen molar-refractivity contribution in [3.63, 3.8) is 0 Å². The molecule has 1 aliphatic heterocycles. The van der Waals surface area contributed by atoms with Crippen molar-refractivity contribution < 1.29 is 28.8 Å². The van der Waals surface area contributed by atoms with E-state index in [0.29, 0.717) is 5.75 Å². The van der Waals surface area contributed by atoms with Gasteiger partial charge in [0, 0.05) is 6.92 Å². The maximum atomic E-state index is 10.8. The lowest BCUT2D eigenvalue weighted by atomic mass is 10.1. The van der Waals surface area contributed by atoms with Crippen molar-refractivity contribution in [1.29, 1.82) is 0 Å². The van der Waals surface area contributed by atoms with Gasteiger partial charge in [-0.25, -0.2) is 0 Å². The zero-order valence-electron chi connectivity index (χ0n) is 11.9. The summed E-state index contributed by atoms with van der Waals surface area (Å²) in [6.07, 6.45) is 1.04. The van der Waals surface area contributed by atoms with Crippen LogP contribution in [0.4, 0.5) is 0 Å². The van der Waals surface area contributed by atoms with Crippen LogP contribution < -0.4 is 9.47 Å². The number of ether oxygens (including phenoxy) is 4. The summed E-state index contributed by atoms with van der Waals surface area (Å²) in [5, 5.41) is 9.76. The zero-order valence-corrected chi connectivity index (χ0v) is 11.9. The molecule has 0 fully saturated rings. The molecule has 0 aromatic heterocycles. The maximum absolute atomic E-state index is 10.8. The van der Waals surface area contributed by atoms with Gasteiger partial charge in [-0.2, -0.15) is 0 Å². The van der Waals surface area contributed by atoms with Crippen LogP contribution in [0, 0.1) is 0 Å². The van der Waals surface area contributed by atoms with E-state index in [9.17, 15) is 9.90 Å². The number of benzene rings is 1. The summed E-state index contributed by atoms with van der Waals surface area (Å²) in [5.74, 6) is 0.909. The largest absolute Gasteiger partial charge is 0.497 e. The minimum absolute atomic E-state index is 0.0245. The van der Waals surface area contributed by atoms with Crippen LogP contribution in [0.1, 0.15) is 6.92 Å². The number of aliphatic hydroxyl groups is 1. The molecule has 6 heteroatoms. The van der Waals surface area contributed by atoms with E-state index in [0.717, 1.165) is 5.75 Å². The Bertz CT molecular complexity index is 495. The molecular weight excluding hydrogens is 276 g/mol. The van der Waals surface area contributed by atoms with Crippen LogP contribution in [0.5, 0.6) is 11.5 Å². The second-order valence-electron chi connectivity index (χ2n) is 4.51. The SMILES string of the molecule is COc1ccc(O[C@@H]2C=C[C@H](O)[C@@H](COC(C)=O)O2)cc1. The van der Waals surface area contributed by atoms with Gasteiger partial charge in [0.05, 0.1) is 7.11 Å². The van der Waals surface area contributed by atoms with E-state index in [1.54, 1.807) is 43.5 Å². The third kappa shape index (κ3) is 4.47. The predicted octanol–water partition coefficient (Wildman–Crippen LogP) is 1.28. The van der Waals surface area contributed by atoms with Crippen LogP contribution in [-0.4, -0.2) is 43.3 Å². The summed E-state index contributed by atoms with van der Waals surface area (Å²) in [4.78, 5) is 10.8. The van der Waals surface area contributed by atoms with Gasteiger partial charge in [0.2, 0.25) is 6.29 Å². The number of hydrogen-bond donors (Lipinski definition) is 1. The van der Waals surface area contributed by atoms with Crippen molar-refractivity contribution >= 4 is 5.97 Å². The Balaban J connectivity index is 1.93. The quantitative estimate of drug-likeness (QED) is 0.651. The fraction of sp³-hybridized carbons (Fsp3) is 0.400. The molecule has 1 heterocycles. The van der Waals surface area contributed by atoms with Crippen LogP contribution >= 0.6 is 0 Å². The molecule has 0 saturated heterocycles. The lowest BCUT2D eigenvalue weighted by Gasteiger charge is -2.29. The van der Waals surface area contributed by atoms with Gasteiger partial charge in [0.25, 0.3) is 0 Å². The molecule has 0 unspecified atom stereocenters. The highest BCUT2D eigenvalue weighted by Gasteiger charge is 2.27. The van der Waals surface area contributed by atoms with Crippen molar-refractivity contribution in [2.24, 2.45) is 0 Å². The lowest BCUT2D eigenvalue weighted by molar-refractivity contribution is -0.165. The summed E-state index contributed by atoms with van der Waals surface area (Å²) in [6, 6.07) is 7.05. The summed E-state index contributed by atoms with van der Waals surface area (Å²) in [6.45, 7) is 1.28. The van der Waals surface area contributed by atoms with Crippen LogP contribution in [0.2, 0.25) is 0 Å². The topological polar surface area (TPSA) is 74.2 Å². The molecule has 114 valence electrons. The fourth-order valence-corrected chi connectivity index (χ4v) is 1.82. The Kier molecular flexibility index (Phi) is 5.19. The minimum atomic E-state index is -0.833. The van der Waals surface area contributed by atoms with Gasteiger partial charge in [-0.1, -0.05) is 6.08 Å². The second kappa shape index (κ2) is 7.10.